The highest BCUT2D eigenvalue weighted by molar-refractivity contribution is 5.94. The van der Waals surface area contributed by atoms with Crippen LogP contribution in [-0.4, -0.2) is 18.5 Å². The van der Waals surface area contributed by atoms with Gasteiger partial charge in [-0.05, 0) is 24.6 Å². The summed E-state index contributed by atoms with van der Waals surface area (Å²) in [7, 11) is 0. The molecule has 0 saturated carbocycles. The number of anilines is 1. The van der Waals surface area contributed by atoms with Gasteiger partial charge in [-0.25, -0.2) is 4.79 Å². The molecule has 0 aliphatic heterocycles. The molecule has 16 heavy (non-hydrogen) atoms. The number of carbonyl (C=O) groups excluding carboxylic acids is 2. The van der Waals surface area contributed by atoms with E-state index in [1.165, 1.54) is 0 Å². The maximum atomic E-state index is 11.0. The molecule has 6 heteroatoms. The number of amides is 3. The average molecular weight is 223 g/mol. The van der Waals surface area contributed by atoms with Crippen molar-refractivity contribution in [3.63, 3.8) is 0 Å². The van der Waals surface area contributed by atoms with Crippen molar-refractivity contribution in [1.29, 1.82) is 0 Å². The van der Waals surface area contributed by atoms with E-state index in [0.717, 1.165) is 5.56 Å². The predicted molar refractivity (Wildman–Crippen MR) is 58.8 cm³/mol. The molecule has 1 rings (SSSR count). The molecular formula is C10H13N3O3. The maximum Gasteiger partial charge on any atom is 0.318 e. The van der Waals surface area contributed by atoms with Gasteiger partial charge in [0.15, 0.2) is 6.61 Å². The van der Waals surface area contributed by atoms with Gasteiger partial charge < -0.3 is 16.2 Å². The smallest absolute Gasteiger partial charge is 0.318 e. The number of nitrogens with two attached hydrogens (primary N) is 2. The molecule has 0 heterocycles. The van der Waals surface area contributed by atoms with Crippen molar-refractivity contribution in [1.82, 2.24) is 5.32 Å². The van der Waals surface area contributed by atoms with Gasteiger partial charge in [-0.3, -0.25) is 10.1 Å². The predicted octanol–water partition coefficient (Wildman–Crippen LogP) is 0.151. The second-order valence-corrected chi connectivity index (χ2v) is 3.24. The summed E-state index contributed by atoms with van der Waals surface area (Å²) in [5, 5.41) is 1.88. The van der Waals surface area contributed by atoms with E-state index in [4.69, 9.17) is 16.2 Å². The molecule has 0 fully saturated rings. The van der Waals surface area contributed by atoms with E-state index in [9.17, 15) is 9.59 Å². The van der Waals surface area contributed by atoms with E-state index in [0.29, 0.717) is 11.4 Å². The van der Waals surface area contributed by atoms with Crippen LogP contribution in [0.25, 0.3) is 0 Å². The molecule has 0 atom stereocenters. The summed E-state index contributed by atoms with van der Waals surface area (Å²) < 4.78 is 5.11. The van der Waals surface area contributed by atoms with Gasteiger partial charge in [0.2, 0.25) is 0 Å². The van der Waals surface area contributed by atoms with Crippen molar-refractivity contribution in [3.05, 3.63) is 23.8 Å². The lowest BCUT2D eigenvalue weighted by atomic mass is 10.2. The number of primary amides is 1. The highest BCUT2D eigenvalue weighted by Crippen LogP contribution is 2.21. The lowest BCUT2D eigenvalue weighted by Crippen LogP contribution is -2.38. The Morgan fingerprint density at radius 1 is 1.44 bits per heavy atom. The van der Waals surface area contributed by atoms with Crippen LogP contribution in [0.1, 0.15) is 5.56 Å². The van der Waals surface area contributed by atoms with Crippen LogP contribution in [0.3, 0.4) is 0 Å². The molecule has 1 aromatic carbocycles. The van der Waals surface area contributed by atoms with Crippen molar-refractivity contribution in [2.45, 2.75) is 6.92 Å². The lowest BCUT2D eigenvalue weighted by molar-refractivity contribution is -0.121. The van der Waals surface area contributed by atoms with Gasteiger partial charge in [0, 0.05) is 0 Å². The van der Waals surface area contributed by atoms with Crippen LogP contribution in [0.5, 0.6) is 5.75 Å². The Morgan fingerprint density at radius 2 is 2.12 bits per heavy atom. The third-order valence-electron chi connectivity index (χ3n) is 1.79. The molecule has 0 saturated heterocycles. The van der Waals surface area contributed by atoms with Crippen LogP contribution in [0.2, 0.25) is 0 Å². The molecule has 6 nitrogen and oxygen atoms in total. The Bertz CT molecular complexity index is 418. The van der Waals surface area contributed by atoms with Crippen LogP contribution < -0.4 is 21.5 Å². The number of aryl methyl sites for hydroxylation is 1. The summed E-state index contributed by atoms with van der Waals surface area (Å²) in [6.45, 7) is 1.58. The van der Waals surface area contributed by atoms with E-state index in [1.807, 2.05) is 12.2 Å². The highest BCUT2D eigenvalue weighted by atomic mass is 16.5. The molecule has 1 aromatic rings. The molecule has 0 spiro atoms. The van der Waals surface area contributed by atoms with Gasteiger partial charge >= 0.3 is 6.03 Å². The lowest BCUT2D eigenvalue weighted by Gasteiger charge is -2.08. The van der Waals surface area contributed by atoms with Gasteiger partial charge in [0.05, 0.1) is 5.69 Å². The van der Waals surface area contributed by atoms with Gasteiger partial charge in [-0.15, -0.1) is 0 Å². The first-order valence-corrected chi connectivity index (χ1v) is 4.57. The number of hydrogen-bond donors (Lipinski definition) is 3. The van der Waals surface area contributed by atoms with Crippen molar-refractivity contribution in [2.75, 3.05) is 12.3 Å². The first kappa shape index (κ1) is 11.8. The summed E-state index contributed by atoms with van der Waals surface area (Å²) in [6.07, 6.45) is 0. The van der Waals surface area contributed by atoms with Crippen LogP contribution in [0.15, 0.2) is 18.2 Å². The number of carbonyl (C=O) groups is 2. The van der Waals surface area contributed by atoms with Gasteiger partial charge in [-0.1, -0.05) is 6.07 Å². The molecule has 0 aromatic heterocycles. The van der Waals surface area contributed by atoms with Crippen molar-refractivity contribution in [3.8, 4) is 5.75 Å². The number of urea groups is 1. The molecule has 0 bridgehead atoms. The second-order valence-electron chi connectivity index (χ2n) is 3.24. The quantitative estimate of drug-likeness (QED) is 0.634. The fourth-order valence-corrected chi connectivity index (χ4v) is 1.12. The van der Waals surface area contributed by atoms with Crippen molar-refractivity contribution >= 4 is 17.6 Å². The van der Waals surface area contributed by atoms with Crippen LogP contribution in [0, 0.1) is 6.92 Å². The Labute approximate surface area is 92.6 Å². The summed E-state index contributed by atoms with van der Waals surface area (Å²) in [4.78, 5) is 21.4. The normalized spacial score (nSPS) is 9.56. The topological polar surface area (TPSA) is 107 Å². The zero-order chi connectivity index (χ0) is 12.1. The molecule has 0 unspecified atom stereocenters. The number of nitrogen functional groups attached to an aromatic ring is 1. The minimum absolute atomic E-state index is 0.309. The van der Waals surface area contributed by atoms with Crippen LogP contribution >= 0.6 is 0 Å². The minimum atomic E-state index is -0.912. The van der Waals surface area contributed by atoms with Gasteiger partial charge in [-0.2, -0.15) is 0 Å². The Morgan fingerprint density at radius 3 is 2.69 bits per heavy atom. The largest absolute Gasteiger partial charge is 0.482 e. The number of hydrogen-bond acceptors (Lipinski definition) is 4. The minimum Gasteiger partial charge on any atom is -0.482 e. The standard InChI is InChI=1S/C10H13N3O3/c1-6-2-3-8(7(11)4-6)16-5-9(14)13-10(12)15/h2-4H,5,11H2,1H3,(H3,12,13,14,15). The number of benzene rings is 1. The summed E-state index contributed by atoms with van der Waals surface area (Å²) in [5.41, 5.74) is 11.9. The second kappa shape index (κ2) is 5.01. The summed E-state index contributed by atoms with van der Waals surface area (Å²) in [6, 6.07) is 4.27. The SMILES string of the molecule is Cc1ccc(OCC(=O)NC(N)=O)c(N)c1. The number of rotatable bonds is 3. The van der Waals surface area contributed by atoms with Gasteiger partial charge in [0.25, 0.3) is 5.91 Å². The van der Waals surface area contributed by atoms with Crippen LogP contribution in [-0.2, 0) is 4.79 Å². The van der Waals surface area contributed by atoms with E-state index in [-0.39, 0.29) is 6.61 Å². The van der Waals surface area contributed by atoms with E-state index < -0.39 is 11.9 Å². The molecular weight excluding hydrogens is 210 g/mol. The molecule has 5 N–H and O–H groups in total. The molecule has 86 valence electrons. The summed E-state index contributed by atoms with van der Waals surface area (Å²) >= 11 is 0. The zero-order valence-corrected chi connectivity index (χ0v) is 8.82. The first-order chi connectivity index (χ1) is 7.49. The molecule has 0 aliphatic rings. The third kappa shape index (κ3) is 3.49. The van der Waals surface area contributed by atoms with Gasteiger partial charge in [0.1, 0.15) is 5.75 Å². The van der Waals surface area contributed by atoms with Crippen LogP contribution in [0.4, 0.5) is 10.5 Å². The molecule has 3 amide bonds. The zero-order valence-electron chi connectivity index (χ0n) is 8.82. The van der Waals surface area contributed by atoms with Crippen molar-refractivity contribution in [2.24, 2.45) is 5.73 Å². The fourth-order valence-electron chi connectivity index (χ4n) is 1.12. The average Bonchev–Trinajstić information content (AvgIpc) is 2.15. The monoisotopic (exact) mass is 223 g/mol. The maximum absolute atomic E-state index is 11.0. The first-order valence-electron chi connectivity index (χ1n) is 4.57. The Balaban J connectivity index is 2.54. The fraction of sp³-hybridized carbons (Fsp3) is 0.200. The summed E-state index contributed by atoms with van der Waals surface area (Å²) in [5.74, 6) is -0.224. The van der Waals surface area contributed by atoms with E-state index in [1.54, 1.807) is 18.2 Å². The molecule has 0 radical (unpaired) electrons. The molecule has 0 aliphatic carbocycles. The highest BCUT2D eigenvalue weighted by Gasteiger charge is 2.06. The number of nitrogens with one attached hydrogen (secondary N) is 1. The Kier molecular flexibility index (Phi) is 3.71. The Hall–Kier alpha value is -2.24. The number of ether oxygens (including phenoxy) is 1. The third-order valence-corrected chi connectivity index (χ3v) is 1.79. The van der Waals surface area contributed by atoms with Crippen molar-refractivity contribution < 1.29 is 14.3 Å². The van der Waals surface area contributed by atoms with E-state index >= 15 is 0 Å². The van der Waals surface area contributed by atoms with E-state index in [2.05, 4.69) is 0 Å². The number of imide groups is 1.